The van der Waals surface area contributed by atoms with Gasteiger partial charge in [-0.1, -0.05) is 25.0 Å². The van der Waals surface area contributed by atoms with Gasteiger partial charge in [-0.05, 0) is 42.2 Å². The Hall–Kier alpha value is -0.460. The largest absolute Gasteiger partial charge is 0.373 e. The second kappa shape index (κ2) is 6.33. The molecular weight excluding hydrogens is 308 g/mol. The van der Waals surface area contributed by atoms with Crippen LogP contribution in [0, 0.1) is 0 Å². The molecule has 1 atom stereocenters. The van der Waals surface area contributed by atoms with Crippen molar-refractivity contribution in [2.24, 2.45) is 7.05 Å². The van der Waals surface area contributed by atoms with E-state index in [1.54, 1.807) is 0 Å². The van der Waals surface area contributed by atoms with Crippen molar-refractivity contribution < 1.29 is 4.74 Å². The van der Waals surface area contributed by atoms with Gasteiger partial charge in [0.1, 0.15) is 0 Å². The van der Waals surface area contributed by atoms with Gasteiger partial charge < -0.3 is 10.1 Å². The maximum absolute atomic E-state index is 6.19. The molecule has 1 aliphatic carbocycles. The Morgan fingerprint density at radius 1 is 1.42 bits per heavy atom. The van der Waals surface area contributed by atoms with Crippen molar-refractivity contribution in [3.8, 4) is 0 Å². The maximum Gasteiger partial charge on any atom is 0.153 e. The first kappa shape index (κ1) is 14.9. The molecule has 0 aromatic carbocycles. The van der Waals surface area contributed by atoms with Crippen LogP contribution < -0.4 is 5.32 Å². The average Bonchev–Trinajstić information content (AvgIpc) is 2.97. The SMILES string of the molecule is CCNC(c1c(Br)nnn1C)C1(OCC)CCCC1. The molecule has 108 valence electrons. The van der Waals surface area contributed by atoms with Gasteiger partial charge in [0.05, 0.1) is 17.3 Å². The molecule has 1 heterocycles. The number of likely N-dealkylation sites (N-methyl/N-ethyl adjacent to an activating group) is 1. The van der Waals surface area contributed by atoms with Gasteiger partial charge >= 0.3 is 0 Å². The lowest BCUT2D eigenvalue weighted by Crippen LogP contribution is -2.45. The van der Waals surface area contributed by atoms with Crippen molar-refractivity contribution in [2.45, 2.75) is 51.2 Å². The molecule has 0 bridgehead atoms. The minimum Gasteiger partial charge on any atom is -0.373 e. The molecule has 1 unspecified atom stereocenters. The van der Waals surface area contributed by atoms with Gasteiger partial charge in [-0.3, -0.25) is 0 Å². The normalized spacial score (nSPS) is 19.8. The third kappa shape index (κ3) is 2.85. The smallest absolute Gasteiger partial charge is 0.153 e. The molecule has 19 heavy (non-hydrogen) atoms. The lowest BCUT2D eigenvalue weighted by atomic mass is 9.89. The van der Waals surface area contributed by atoms with E-state index in [0.29, 0.717) is 0 Å². The summed E-state index contributed by atoms with van der Waals surface area (Å²) < 4.78 is 8.84. The Balaban J connectivity index is 2.38. The molecule has 0 aliphatic heterocycles. The van der Waals surface area contributed by atoms with Crippen LogP contribution in [0.5, 0.6) is 0 Å². The monoisotopic (exact) mass is 330 g/mol. The van der Waals surface area contributed by atoms with E-state index in [0.717, 1.165) is 36.3 Å². The van der Waals surface area contributed by atoms with E-state index >= 15 is 0 Å². The van der Waals surface area contributed by atoms with Crippen molar-refractivity contribution >= 4 is 15.9 Å². The van der Waals surface area contributed by atoms with Crippen LogP contribution >= 0.6 is 15.9 Å². The molecule has 0 saturated heterocycles. The quantitative estimate of drug-likeness (QED) is 0.870. The summed E-state index contributed by atoms with van der Waals surface area (Å²) in [7, 11) is 1.94. The minimum atomic E-state index is -0.122. The van der Waals surface area contributed by atoms with Gasteiger partial charge in [-0.15, -0.1) is 5.10 Å². The second-order valence-corrected chi connectivity index (χ2v) is 5.84. The predicted molar refractivity (Wildman–Crippen MR) is 77.9 cm³/mol. The van der Waals surface area contributed by atoms with Crippen molar-refractivity contribution in [1.82, 2.24) is 20.3 Å². The van der Waals surface area contributed by atoms with E-state index in [-0.39, 0.29) is 11.6 Å². The summed E-state index contributed by atoms with van der Waals surface area (Å²) in [6.45, 7) is 5.83. The van der Waals surface area contributed by atoms with Crippen LogP contribution in [0.3, 0.4) is 0 Å². The molecule has 0 spiro atoms. The minimum absolute atomic E-state index is 0.122. The molecule has 1 aliphatic rings. The van der Waals surface area contributed by atoms with Crippen LogP contribution in [0.15, 0.2) is 4.60 Å². The summed E-state index contributed by atoms with van der Waals surface area (Å²) in [6.07, 6.45) is 4.64. The highest BCUT2D eigenvalue weighted by molar-refractivity contribution is 9.10. The number of rotatable bonds is 6. The Morgan fingerprint density at radius 3 is 2.58 bits per heavy atom. The summed E-state index contributed by atoms with van der Waals surface area (Å²) in [5.41, 5.74) is 0.958. The fraction of sp³-hybridized carbons (Fsp3) is 0.846. The maximum atomic E-state index is 6.19. The number of aromatic nitrogens is 3. The zero-order valence-corrected chi connectivity index (χ0v) is 13.5. The molecule has 6 heteroatoms. The molecule has 2 rings (SSSR count). The van der Waals surface area contributed by atoms with Crippen LogP contribution in [-0.2, 0) is 11.8 Å². The molecule has 1 aromatic heterocycles. The van der Waals surface area contributed by atoms with Gasteiger partial charge in [0.2, 0.25) is 0 Å². The van der Waals surface area contributed by atoms with E-state index in [9.17, 15) is 0 Å². The lowest BCUT2D eigenvalue weighted by molar-refractivity contribution is -0.0642. The van der Waals surface area contributed by atoms with E-state index in [1.807, 2.05) is 11.7 Å². The van der Waals surface area contributed by atoms with Crippen LogP contribution in [0.4, 0.5) is 0 Å². The summed E-state index contributed by atoms with van der Waals surface area (Å²) in [6, 6.07) is 0.134. The topological polar surface area (TPSA) is 52.0 Å². The fourth-order valence-electron chi connectivity index (χ4n) is 3.16. The third-order valence-electron chi connectivity index (χ3n) is 3.92. The van der Waals surface area contributed by atoms with Gasteiger partial charge in [-0.2, -0.15) is 0 Å². The first-order chi connectivity index (χ1) is 9.14. The van der Waals surface area contributed by atoms with Crippen LogP contribution in [0.2, 0.25) is 0 Å². The summed E-state index contributed by atoms with van der Waals surface area (Å²) in [5, 5.41) is 11.8. The Morgan fingerprint density at radius 2 is 2.11 bits per heavy atom. The van der Waals surface area contributed by atoms with Gasteiger partial charge in [0.15, 0.2) is 4.60 Å². The summed E-state index contributed by atoms with van der Waals surface area (Å²) in [4.78, 5) is 0. The van der Waals surface area contributed by atoms with E-state index in [2.05, 4.69) is 45.4 Å². The molecule has 0 radical (unpaired) electrons. The number of hydrogen-bond acceptors (Lipinski definition) is 4. The fourth-order valence-corrected chi connectivity index (χ4v) is 3.71. The van der Waals surface area contributed by atoms with Crippen LogP contribution in [0.1, 0.15) is 51.3 Å². The Kier molecular flexibility index (Phi) is 4.97. The molecule has 0 amide bonds. The first-order valence-corrected chi connectivity index (χ1v) is 7.86. The number of nitrogens with one attached hydrogen (secondary N) is 1. The lowest BCUT2D eigenvalue weighted by Gasteiger charge is -2.37. The van der Waals surface area contributed by atoms with Gasteiger partial charge in [0.25, 0.3) is 0 Å². The number of ether oxygens (including phenoxy) is 1. The molecule has 1 fully saturated rings. The zero-order valence-electron chi connectivity index (χ0n) is 11.9. The summed E-state index contributed by atoms with van der Waals surface area (Å²) >= 11 is 3.52. The number of aryl methyl sites for hydroxylation is 1. The average molecular weight is 331 g/mol. The molecular formula is C13H23BrN4O. The van der Waals surface area contributed by atoms with Crippen molar-refractivity contribution in [2.75, 3.05) is 13.2 Å². The van der Waals surface area contributed by atoms with E-state index in [1.165, 1.54) is 12.8 Å². The predicted octanol–water partition coefficient (Wildman–Crippen LogP) is 2.58. The summed E-state index contributed by atoms with van der Waals surface area (Å²) in [5.74, 6) is 0. The first-order valence-electron chi connectivity index (χ1n) is 7.07. The highest BCUT2D eigenvalue weighted by Crippen LogP contribution is 2.44. The third-order valence-corrected chi connectivity index (χ3v) is 4.48. The Bertz CT molecular complexity index is 395. The second-order valence-electron chi connectivity index (χ2n) is 5.08. The number of nitrogens with zero attached hydrogens (tertiary/aromatic N) is 3. The van der Waals surface area contributed by atoms with E-state index < -0.39 is 0 Å². The zero-order chi connectivity index (χ0) is 13.9. The van der Waals surface area contributed by atoms with Crippen LogP contribution in [-0.4, -0.2) is 33.7 Å². The number of hydrogen-bond donors (Lipinski definition) is 1. The van der Waals surface area contributed by atoms with Crippen molar-refractivity contribution in [3.63, 3.8) is 0 Å². The Labute approximate surface area is 123 Å². The molecule has 1 N–H and O–H groups in total. The van der Waals surface area contributed by atoms with Crippen molar-refractivity contribution in [1.29, 1.82) is 0 Å². The molecule has 5 nitrogen and oxygen atoms in total. The van der Waals surface area contributed by atoms with Gasteiger partial charge in [0, 0.05) is 13.7 Å². The van der Waals surface area contributed by atoms with Crippen LogP contribution in [0.25, 0.3) is 0 Å². The standard InChI is InChI=1S/C13H23BrN4O/c1-4-15-11(10-12(14)16-17-18(10)3)13(19-5-2)8-6-7-9-13/h11,15H,4-9H2,1-3H3. The molecule has 1 saturated carbocycles. The highest BCUT2D eigenvalue weighted by Gasteiger charge is 2.44. The van der Waals surface area contributed by atoms with Crippen molar-refractivity contribution in [3.05, 3.63) is 10.3 Å². The van der Waals surface area contributed by atoms with E-state index in [4.69, 9.17) is 4.74 Å². The molecule has 1 aromatic rings. The highest BCUT2D eigenvalue weighted by atomic mass is 79.9. The number of halogens is 1. The van der Waals surface area contributed by atoms with Gasteiger partial charge in [-0.25, -0.2) is 4.68 Å².